The van der Waals surface area contributed by atoms with Crippen LogP contribution in [0.2, 0.25) is 0 Å². The average molecular weight is 369 g/mol. The second kappa shape index (κ2) is 11.5. The molecule has 4 heteroatoms. The summed E-state index contributed by atoms with van der Waals surface area (Å²) in [5.74, 6) is 0.674. The quantitative estimate of drug-likeness (QED) is 0.517. The number of rotatable bonds is 11. The number of aromatic nitrogens is 1. The molecule has 2 rings (SSSR count). The molecule has 27 heavy (non-hydrogen) atoms. The summed E-state index contributed by atoms with van der Waals surface area (Å²) in [6, 6.07) is 12.1. The molecule has 1 N–H and O–H groups in total. The van der Waals surface area contributed by atoms with Gasteiger partial charge in [-0.15, -0.1) is 0 Å². The van der Waals surface area contributed by atoms with Crippen LogP contribution in [0, 0.1) is 13.8 Å². The van der Waals surface area contributed by atoms with Gasteiger partial charge in [0, 0.05) is 17.7 Å². The van der Waals surface area contributed by atoms with Crippen molar-refractivity contribution in [3.8, 4) is 0 Å². The van der Waals surface area contributed by atoms with Gasteiger partial charge in [-0.3, -0.25) is 4.79 Å². The van der Waals surface area contributed by atoms with Crippen LogP contribution in [-0.4, -0.2) is 10.9 Å². The molecule has 0 aliphatic carbocycles. The monoisotopic (exact) mass is 368 g/mol. The number of pyridine rings is 1. The van der Waals surface area contributed by atoms with Gasteiger partial charge in [-0.1, -0.05) is 62.9 Å². The summed E-state index contributed by atoms with van der Waals surface area (Å²) in [6.07, 6.45) is 6.23. The number of hydrogen-bond acceptors (Lipinski definition) is 3. The molecular formula is C23H32N2O2. The van der Waals surface area contributed by atoms with Crippen LogP contribution in [0.25, 0.3) is 0 Å². The predicted octanol–water partition coefficient (Wildman–Crippen LogP) is 5.71. The third kappa shape index (κ3) is 7.51. The maximum absolute atomic E-state index is 12.3. The molecule has 0 bridgehead atoms. The van der Waals surface area contributed by atoms with Crippen LogP contribution in [0.5, 0.6) is 0 Å². The molecule has 4 nitrogen and oxygen atoms in total. The van der Waals surface area contributed by atoms with Gasteiger partial charge in [0.15, 0.2) is 0 Å². The molecule has 146 valence electrons. The summed E-state index contributed by atoms with van der Waals surface area (Å²) in [4.78, 5) is 16.9. The zero-order valence-electron chi connectivity index (χ0n) is 16.9. The van der Waals surface area contributed by atoms with Gasteiger partial charge < -0.3 is 10.1 Å². The molecule has 0 unspecified atom stereocenters. The Morgan fingerprint density at radius 1 is 1.04 bits per heavy atom. The van der Waals surface area contributed by atoms with Crippen molar-refractivity contribution in [1.29, 1.82) is 0 Å². The van der Waals surface area contributed by atoms with E-state index in [0.29, 0.717) is 25.5 Å². The molecule has 0 fully saturated rings. The van der Waals surface area contributed by atoms with E-state index >= 15 is 0 Å². The normalized spacial score (nSPS) is 10.8. The summed E-state index contributed by atoms with van der Waals surface area (Å²) >= 11 is 0. The van der Waals surface area contributed by atoms with Crippen molar-refractivity contribution in [3.05, 3.63) is 58.8 Å². The maximum atomic E-state index is 12.3. The van der Waals surface area contributed by atoms with Crippen LogP contribution in [0.3, 0.4) is 0 Å². The van der Waals surface area contributed by atoms with E-state index in [1.54, 1.807) is 0 Å². The average Bonchev–Trinajstić information content (AvgIpc) is 2.64. The van der Waals surface area contributed by atoms with Gasteiger partial charge in [0.1, 0.15) is 5.82 Å². The zero-order chi connectivity index (χ0) is 19.5. The minimum absolute atomic E-state index is 0.0355. The highest BCUT2D eigenvalue weighted by Gasteiger charge is 2.12. The third-order valence-corrected chi connectivity index (χ3v) is 4.60. The molecule has 0 saturated carbocycles. The Morgan fingerprint density at radius 2 is 1.78 bits per heavy atom. The lowest BCUT2D eigenvalue weighted by Crippen LogP contribution is -2.15. The number of benzene rings is 1. The molecule has 1 heterocycles. The van der Waals surface area contributed by atoms with Crippen molar-refractivity contribution < 1.29 is 9.53 Å². The minimum Gasteiger partial charge on any atom is -0.372 e. The topological polar surface area (TPSA) is 51.2 Å². The van der Waals surface area contributed by atoms with E-state index in [1.807, 2.05) is 50.2 Å². The number of hydrogen-bond donors (Lipinski definition) is 1. The largest absolute Gasteiger partial charge is 0.372 e. The van der Waals surface area contributed by atoms with Crippen molar-refractivity contribution in [2.45, 2.75) is 72.5 Å². The first kappa shape index (κ1) is 21.1. The molecule has 1 amide bonds. The molecule has 0 aliphatic heterocycles. The zero-order valence-corrected chi connectivity index (χ0v) is 16.9. The van der Waals surface area contributed by atoms with E-state index in [0.717, 1.165) is 35.2 Å². The van der Waals surface area contributed by atoms with Crippen molar-refractivity contribution >= 4 is 11.7 Å². The molecule has 0 spiro atoms. The summed E-state index contributed by atoms with van der Waals surface area (Å²) in [5.41, 5.74) is 4.08. The second-order valence-corrected chi connectivity index (χ2v) is 7.10. The van der Waals surface area contributed by atoms with Crippen LogP contribution >= 0.6 is 0 Å². The molecule has 0 atom stereocenters. The first-order chi connectivity index (χ1) is 13.1. The molecular weight excluding hydrogens is 336 g/mol. The molecule has 0 saturated heterocycles. The SMILES string of the molecule is CCCCCCCC(=O)Nc1nc(C)cc(C)c1COCc1ccccc1. The lowest BCUT2D eigenvalue weighted by Gasteiger charge is -2.14. The maximum Gasteiger partial charge on any atom is 0.225 e. The van der Waals surface area contributed by atoms with E-state index in [-0.39, 0.29) is 5.91 Å². The van der Waals surface area contributed by atoms with E-state index in [4.69, 9.17) is 4.74 Å². The van der Waals surface area contributed by atoms with Crippen LogP contribution in [-0.2, 0) is 22.7 Å². The number of aryl methyl sites for hydroxylation is 2. The standard InChI is InChI=1S/C23H32N2O2/c1-4-5-6-7-11-14-22(26)25-23-21(18(2)15-19(3)24-23)17-27-16-20-12-9-8-10-13-20/h8-10,12-13,15H,4-7,11,14,16-17H2,1-3H3,(H,24,25,26). The van der Waals surface area contributed by atoms with Gasteiger partial charge in [-0.2, -0.15) is 0 Å². The first-order valence-corrected chi connectivity index (χ1v) is 9.98. The third-order valence-electron chi connectivity index (χ3n) is 4.60. The molecule has 0 radical (unpaired) electrons. The predicted molar refractivity (Wildman–Crippen MR) is 111 cm³/mol. The number of nitrogens with zero attached hydrogens (tertiary/aromatic N) is 1. The van der Waals surface area contributed by atoms with E-state index in [1.165, 1.54) is 19.3 Å². The van der Waals surface area contributed by atoms with Gasteiger partial charge in [-0.05, 0) is 37.5 Å². The highest BCUT2D eigenvalue weighted by molar-refractivity contribution is 5.90. The number of nitrogens with one attached hydrogen (secondary N) is 1. The Bertz CT molecular complexity index is 714. The Balaban J connectivity index is 1.93. The second-order valence-electron chi connectivity index (χ2n) is 7.10. The van der Waals surface area contributed by atoms with Crippen LogP contribution in [0.1, 0.15) is 67.8 Å². The Hall–Kier alpha value is -2.20. The Kier molecular flexibility index (Phi) is 8.99. The number of carbonyl (C=O) groups excluding carboxylic acids is 1. The van der Waals surface area contributed by atoms with Gasteiger partial charge in [0.25, 0.3) is 0 Å². The summed E-state index contributed by atoms with van der Waals surface area (Å²) in [5, 5.41) is 3.00. The van der Waals surface area contributed by atoms with E-state index < -0.39 is 0 Å². The number of unbranched alkanes of at least 4 members (excludes halogenated alkanes) is 4. The van der Waals surface area contributed by atoms with Crippen molar-refractivity contribution in [1.82, 2.24) is 4.98 Å². The fraction of sp³-hybridized carbons (Fsp3) is 0.478. The molecule has 0 aliphatic rings. The minimum atomic E-state index is 0.0355. The highest BCUT2D eigenvalue weighted by atomic mass is 16.5. The molecule has 1 aromatic carbocycles. The van der Waals surface area contributed by atoms with E-state index in [9.17, 15) is 4.79 Å². The summed E-state index contributed by atoms with van der Waals surface area (Å²) in [7, 11) is 0. The summed E-state index contributed by atoms with van der Waals surface area (Å²) in [6.45, 7) is 7.15. The van der Waals surface area contributed by atoms with Crippen LogP contribution in [0.15, 0.2) is 36.4 Å². The lowest BCUT2D eigenvalue weighted by molar-refractivity contribution is -0.116. The molecule has 1 aromatic heterocycles. The van der Waals surface area contributed by atoms with Crippen molar-refractivity contribution in [2.24, 2.45) is 0 Å². The number of carbonyl (C=O) groups is 1. The van der Waals surface area contributed by atoms with Gasteiger partial charge >= 0.3 is 0 Å². The number of amides is 1. The summed E-state index contributed by atoms with van der Waals surface area (Å²) < 4.78 is 5.88. The molecule has 2 aromatic rings. The first-order valence-electron chi connectivity index (χ1n) is 9.98. The van der Waals surface area contributed by atoms with Crippen LogP contribution < -0.4 is 5.32 Å². The van der Waals surface area contributed by atoms with Crippen molar-refractivity contribution in [2.75, 3.05) is 5.32 Å². The fourth-order valence-electron chi connectivity index (χ4n) is 3.08. The van der Waals surface area contributed by atoms with Gasteiger partial charge in [-0.25, -0.2) is 4.98 Å². The van der Waals surface area contributed by atoms with Gasteiger partial charge in [0.2, 0.25) is 5.91 Å². The number of anilines is 1. The Morgan fingerprint density at radius 3 is 2.52 bits per heavy atom. The van der Waals surface area contributed by atoms with Crippen LogP contribution in [0.4, 0.5) is 5.82 Å². The fourth-order valence-corrected chi connectivity index (χ4v) is 3.08. The number of ether oxygens (including phenoxy) is 1. The highest BCUT2D eigenvalue weighted by Crippen LogP contribution is 2.21. The smallest absolute Gasteiger partial charge is 0.225 e. The Labute approximate surface area is 163 Å². The van der Waals surface area contributed by atoms with Gasteiger partial charge in [0.05, 0.1) is 13.2 Å². The lowest BCUT2D eigenvalue weighted by atomic mass is 10.1. The van der Waals surface area contributed by atoms with Crippen molar-refractivity contribution in [3.63, 3.8) is 0 Å². The van der Waals surface area contributed by atoms with E-state index in [2.05, 4.69) is 17.2 Å².